The monoisotopic (exact) mass is 331 g/mol. The highest BCUT2D eigenvalue weighted by atomic mass is 19.4. The molecule has 23 heavy (non-hydrogen) atoms. The van der Waals surface area contributed by atoms with Crippen molar-refractivity contribution >= 4 is 17.6 Å². The van der Waals surface area contributed by atoms with E-state index in [1.807, 2.05) is 0 Å². The van der Waals surface area contributed by atoms with Gasteiger partial charge < -0.3 is 14.7 Å². The van der Waals surface area contributed by atoms with Crippen molar-refractivity contribution in [2.24, 2.45) is 5.92 Å². The Morgan fingerprint density at radius 2 is 2.04 bits per heavy atom. The number of carboxylic acids is 1. The molecule has 1 aromatic rings. The van der Waals surface area contributed by atoms with Gasteiger partial charge in [0.25, 0.3) is 5.91 Å². The number of halogens is 3. The van der Waals surface area contributed by atoms with Gasteiger partial charge in [-0.3, -0.25) is 9.59 Å². The Morgan fingerprint density at radius 3 is 2.57 bits per heavy atom. The number of carbonyl (C=O) groups excluding carboxylic acids is 1. The zero-order chi connectivity index (χ0) is 17.4. The summed E-state index contributed by atoms with van der Waals surface area (Å²) < 4.78 is 44.1. The van der Waals surface area contributed by atoms with Crippen molar-refractivity contribution in [2.45, 2.75) is 32.5 Å². The van der Waals surface area contributed by atoms with E-state index in [0.29, 0.717) is 0 Å². The van der Waals surface area contributed by atoms with E-state index in [4.69, 9.17) is 9.84 Å². The Balaban J connectivity index is 2.46. The Morgan fingerprint density at radius 1 is 1.39 bits per heavy atom. The number of rotatable bonds is 4. The van der Waals surface area contributed by atoms with Gasteiger partial charge in [0.05, 0.1) is 17.7 Å². The molecule has 0 bridgehead atoms. The maximum absolute atomic E-state index is 12.9. The third kappa shape index (κ3) is 3.57. The van der Waals surface area contributed by atoms with E-state index in [0.717, 1.165) is 23.1 Å². The molecule has 0 aliphatic carbocycles. The Hall–Kier alpha value is -2.25. The predicted octanol–water partition coefficient (Wildman–Crippen LogP) is 2.93. The molecule has 1 aliphatic rings. The summed E-state index contributed by atoms with van der Waals surface area (Å²) in [5.41, 5.74) is -0.973. The first kappa shape index (κ1) is 17.1. The fourth-order valence-corrected chi connectivity index (χ4v) is 2.32. The summed E-state index contributed by atoms with van der Waals surface area (Å²) in [7, 11) is 0. The molecule has 126 valence electrons. The summed E-state index contributed by atoms with van der Waals surface area (Å²) in [4.78, 5) is 24.2. The summed E-state index contributed by atoms with van der Waals surface area (Å²) in [5.74, 6) is -1.74. The highest BCUT2D eigenvalue weighted by Gasteiger charge is 2.39. The van der Waals surface area contributed by atoms with E-state index in [-0.39, 0.29) is 30.3 Å². The zero-order valence-electron chi connectivity index (χ0n) is 12.6. The molecule has 0 spiro atoms. The molecule has 2 rings (SSSR count). The number of alkyl halides is 3. The molecular formula is C15H16F3NO4. The standard InChI is InChI=1S/C15H16F3NO4/c1-8(2)13-14(22)19(6-5-12(20)21)10-7-9(15(16,17)18)3-4-11(10)23-13/h3-4,7-8,13H,5-6H2,1-2H3,(H,20,21). The molecule has 8 heteroatoms. The van der Waals surface area contributed by atoms with Crippen molar-refractivity contribution < 1.29 is 32.6 Å². The van der Waals surface area contributed by atoms with Crippen LogP contribution in [-0.2, 0) is 15.8 Å². The van der Waals surface area contributed by atoms with E-state index in [1.54, 1.807) is 13.8 Å². The molecule has 0 fully saturated rings. The Labute approximate surface area is 130 Å². The average Bonchev–Trinajstić information content (AvgIpc) is 2.43. The van der Waals surface area contributed by atoms with Crippen LogP contribution in [0, 0.1) is 5.92 Å². The first-order valence-electron chi connectivity index (χ1n) is 7.02. The molecule has 0 saturated heterocycles. The van der Waals surface area contributed by atoms with E-state index in [2.05, 4.69) is 0 Å². The zero-order valence-corrected chi connectivity index (χ0v) is 12.6. The number of fused-ring (bicyclic) bond motifs is 1. The first-order chi connectivity index (χ1) is 10.6. The number of amides is 1. The quantitative estimate of drug-likeness (QED) is 0.921. The van der Waals surface area contributed by atoms with Gasteiger partial charge in [-0.1, -0.05) is 13.8 Å². The fourth-order valence-electron chi connectivity index (χ4n) is 2.32. The Kier molecular flexibility index (Phi) is 4.53. The molecule has 1 aromatic carbocycles. The molecule has 1 amide bonds. The lowest BCUT2D eigenvalue weighted by molar-refractivity contribution is -0.138. The number of ether oxygens (including phenoxy) is 1. The topological polar surface area (TPSA) is 66.8 Å². The van der Waals surface area contributed by atoms with E-state index < -0.39 is 29.7 Å². The van der Waals surface area contributed by atoms with Crippen LogP contribution in [0.1, 0.15) is 25.8 Å². The van der Waals surface area contributed by atoms with Crippen LogP contribution >= 0.6 is 0 Å². The Bertz CT molecular complexity index is 628. The van der Waals surface area contributed by atoms with E-state index in [1.165, 1.54) is 0 Å². The van der Waals surface area contributed by atoms with Gasteiger partial charge in [0, 0.05) is 6.54 Å². The molecule has 5 nitrogen and oxygen atoms in total. The highest BCUT2D eigenvalue weighted by Crippen LogP contribution is 2.40. The highest BCUT2D eigenvalue weighted by molar-refractivity contribution is 6.00. The summed E-state index contributed by atoms with van der Waals surface area (Å²) in [6.45, 7) is 3.27. The number of benzene rings is 1. The van der Waals surface area contributed by atoms with Gasteiger partial charge in [-0.25, -0.2) is 0 Å². The largest absolute Gasteiger partial charge is 0.481 e. The third-order valence-corrected chi connectivity index (χ3v) is 3.50. The van der Waals surface area contributed by atoms with Crippen LogP contribution in [0.3, 0.4) is 0 Å². The summed E-state index contributed by atoms with van der Waals surface area (Å²) in [5, 5.41) is 8.79. The van der Waals surface area contributed by atoms with Gasteiger partial charge in [-0.05, 0) is 24.1 Å². The van der Waals surface area contributed by atoms with Crippen LogP contribution in [0.4, 0.5) is 18.9 Å². The van der Waals surface area contributed by atoms with Crippen molar-refractivity contribution in [2.75, 3.05) is 11.4 Å². The number of hydrogen-bond acceptors (Lipinski definition) is 3. The van der Waals surface area contributed by atoms with Crippen LogP contribution in [0.5, 0.6) is 5.75 Å². The predicted molar refractivity (Wildman–Crippen MR) is 75.3 cm³/mol. The molecule has 0 radical (unpaired) electrons. The molecule has 1 N–H and O–H groups in total. The van der Waals surface area contributed by atoms with Crippen LogP contribution in [0.2, 0.25) is 0 Å². The lowest BCUT2D eigenvalue weighted by Crippen LogP contribution is -2.49. The van der Waals surface area contributed by atoms with Gasteiger partial charge in [-0.2, -0.15) is 13.2 Å². The van der Waals surface area contributed by atoms with Gasteiger partial charge >= 0.3 is 12.1 Å². The lowest BCUT2D eigenvalue weighted by Gasteiger charge is -2.36. The van der Waals surface area contributed by atoms with Gasteiger partial charge in [0.2, 0.25) is 0 Å². The lowest BCUT2D eigenvalue weighted by atomic mass is 10.0. The van der Waals surface area contributed by atoms with Crippen molar-refractivity contribution in [3.8, 4) is 5.75 Å². The number of nitrogens with zero attached hydrogens (tertiary/aromatic N) is 1. The number of hydrogen-bond donors (Lipinski definition) is 1. The van der Waals surface area contributed by atoms with Gasteiger partial charge in [0.1, 0.15) is 5.75 Å². The van der Waals surface area contributed by atoms with Crippen LogP contribution < -0.4 is 9.64 Å². The molecule has 0 saturated carbocycles. The molecule has 1 atom stereocenters. The van der Waals surface area contributed by atoms with E-state index >= 15 is 0 Å². The van der Waals surface area contributed by atoms with Gasteiger partial charge in [-0.15, -0.1) is 0 Å². The first-order valence-corrected chi connectivity index (χ1v) is 7.02. The second-order valence-electron chi connectivity index (χ2n) is 5.60. The summed E-state index contributed by atoms with van der Waals surface area (Å²) in [6.07, 6.45) is -5.79. The SMILES string of the molecule is CC(C)C1Oc2ccc(C(F)(F)F)cc2N(CCC(=O)O)C1=O. The normalized spacial score (nSPS) is 17.9. The van der Waals surface area contributed by atoms with Crippen LogP contribution in [0.15, 0.2) is 18.2 Å². The number of carbonyl (C=O) groups is 2. The third-order valence-electron chi connectivity index (χ3n) is 3.50. The molecule has 0 aromatic heterocycles. The molecule has 1 aliphatic heterocycles. The second kappa shape index (κ2) is 6.10. The molecular weight excluding hydrogens is 315 g/mol. The average molecular weight is 331 g/mol. The summed E-state index contributed by atoms with van der Waals surface area (Å²) in [6, 6.07) is 2.85. The second-order valence-corrected chi connectivity index (χ2v) is 5.60. The number of aliphatic carboxylic acids is 1. The van der Waals surface area contributed by atoms with Crippen molar-refractivity contribution in [1.82, 2.24) is 0 Å². The molecule has 1 heterocycles. The minimum absolute atomic E-state index is 0.0528. The van der Waals surface area contributed by atoms with Crippen molar-refractivity contribution in [1.29, 1.82) is 0 Å². The number of anilines is 1. The maximum atomic E-state index is 12.9. The van der Waals surface area contributed by atoms with Crippen LogP contribution in [0.25, 0.3) is 0 Å². The maximum Gasteiger partial charge on any atom is 0.416 e. The molecule has 1 unspecified atom stereocenters. The van der Waals surface area contributed by atoms with Crippen molar-refractivity contribution in [3.05, 3.63) is 23.8 Å². The number of carboxylic acid groups (broad SMARTS) is 1. The van der Waals surface area contributed by atoms with Crippen molar-refractivity contribution in [3.63, 3.8) is 0 Å². The van der Waals surface area contributed by atoms with E-state index in [9.17, 15) is 22.8 Å². The van der Waals surface area contributed by atoms with Crippen LogP contribution in [-0.4, -0.2) is 29.6 Å². The summed E-state index contributed by atoms with van der Waals surface area (Å²) >= 11 is 0. The van der Waals surface area contributed by atoms with Gasteiger partial charge in [0.15, 0.2) is 6.10 Å². The minimum Gasteiger partial charge on any atom is -0.481 e. The smallest absolute Gasteiger partial charge is 0.416 e. The fraction of sp³-hybridized carbons (Fsp3) is 0.467. The minimum atomic E-state index is -4.56.